The molecule has 1 saturated carbocycles. The van der Waals surface area contributed by atoms with Gasteiger partial charge in [0.1, 0.15) is 0 Å². The number of hydrogen-bond acceptors (Lipinski definition) is 4. The molecule has 1 aromatic rings. The standard InChI is InChI=1S/C13H19BrN2OS/c14-13-5-4-12(18-13)10(8-15)16-6-7-17-11-3-1-2-9(11)16/h4-5,9-11H,1-3,6-8,15H2. The number of morpholine rings is 1. The second kappa shape index (κ2) is 5.59. The summed E-state index contributed by atoms with van der Waals surface area (Å²) in [5, 5.41) is 0. The van der Waals surface area contributed by atoms with Crippen molar-refractivity contribution in [3.05, 3.63) is 20.8 Å². The van der Waals surface area contributed by atoms with E-state index in [-0.39, 0.29) is 0 Å². The number of nitrogens with two attached hydrogens (primary N) is 1. The van der Waals surface area contributed by atoms with Gasteiger partial charge in [-0.25, -0.2) is 0 Å². The number of ether oxygens (including phenoxy) is 1. The van der Waals surface area contributed by atoms with Gasteiger partial charge in [0.15, 0.2) is 0 Å². The molecule has 0 bridgehead atoms. The van der Waals surface area contributed by atoms with E-state index in [4.69, 9.17) is 10.5 Å². The molecule has 0 spiro atoms. The van der Waals surface area contributed by atoms with E-state index >= 15 is 0 Å². The second-order valence-electron chi connectivity index (χ2n) is 5.04. The highest BCUT2D eigenvalue weighted by Gasteiger charge is 2.39. The van der Waals surface area contributed by atoms with Crippen LogP contribution in [0, 0.1) is 0 Å². The Bertz CT molecular complexity index is 411. The monoisotopic (exact) mass is 330 g/mol. The van der Waals surface area contributed by atoms with Crippen molar-refractivity contribution in [3.63, 3.8) is 0 Å². The van der Waals surface area contributed by atoms with Crippen LogP contribution in [-0.4, -0.2) is 36.7 Å². The molecule has 18 heavy (non-hydrogen) atoms. The Morgan fingerprint density at radius 2 is 2.39 bits per heavy atom. The van der Waals surface area contributed by atoms with Crippen LogP contribution in [0.2, 0.25) is 0 Å². The van der Waals surface area contributed by atoms with Gasteiger partial charge in [-0.1, -0.05) is 0 Å². The van der Waals surface area contributed by atoms with Crippen molar-refractivity contribution in [1.29, 1.82) is 0 Å². The van der Waals surface area contributed by atoms with Crippen molar-refractivity contribution in [2.45, 2.75) is 37.5 Å². The summed E-state index contributed by atoms with van der Waals surface area (Å²) in [5.74, 6) is 0. The molecule has 3 rings (SSSR count). The van der Waals surface area contributed by atoms with E-state index in [1.165, 1.54) is 27.9 Å². The van der Waals surface area contributed by atoms with E-state index in [1.807, 2.05) is 0 Å². The zero-order valence-corrected chi connectivity index (χ0v) is 12.8. The van der Waals surface area contributed by atoms with Crippen molar-refractivity contribution < 1.29 is 4.74 Å². The van der Waals surface area contributed by atoms with E-state index in [2.05, 4.69) is 33.0 Å². The zero-order chi connectivity index (χ0) is 12.5. The SMILES string of the molecule is NCC(c1ccc(Br)s1)N1CCOC2CCCC21. The summed E-state index contributed by atoms with van der Waals surface area (Å²) in [7, 11) is 0. The minimum atomic E-state index is 0.357. The molecule has 2 fully saturated rings. The van der Waals surface area contributed by atoms with Gasteiger partial charge in [-0.05, 0) is 47.3 Å². The van der Waals surface area contributed by atoms with Gasteiger partial charge in [-0.3, -0.25) is 4.90 Å². The fraction of sp³-hybridized carbons (Fsp3) is 0.692. The maximum atomic E-state index is 6.04. The van der Waals surface area contributed by atoms with Crippen LogP contribution in [-0.2, 0) is 4.74 Å². The first-order valence-electron chi connectivity index (χ1n) is 6.62. The fourth-order valence-electron chi connectivity index (χ4n) is 3.26. The summed E-state index contributed by atoms with van der Waals surface area (Å²) in [6, 6.07) is 5.25. The van der Waals surface area contributed by atoms with Crippen LogP contribution in [0.15, 0.2) is 15.9 Å². The smallest absolute Gasteiger partial charge is 0.0731 e. The molecule has 0 radical (unpaired) electrons. The summed E-state index contributed by atoms with van der Waals surface area (Å²) < 4.78 is 7.07. The number of fused-ring (bicyclic) bond motifs is 1. The average Bonchev–Trinajstić information content (AvgIpc) is 2.99. The summed E-state index contributed by atoms with van der Waals surface area (Å²) in [5.41, 5.74) is 6.04. The topological polar surface area (TPSA) is 38.5 Å². The van der Waals surface area contributed by atoms with Gasteiger partial charge in [0.2, 0.25) is 0 Å². The minimum absolute atomic E-state index is 0.357. The van der Waals surface area contributed by atoms with Gasteiger partial charge in [0, 0.05) is 24.0 Å². The van der Waals surface area contributed by atoms with Crippen LogP contribution >= 0.6 is 27.3 Å². The van der Waals surface area contributed by atoms with Gasteiger partial charge in [0.05, 0.1) is 22.5 Å². The molecule has 2 N–H and O–H groups in total. The molecule has 3 nitrogen and oxygen atoms in total. The fourth-order valence-corrected chi connectivity index (χ4v) is 4.82. The number of hydrogen-bond donors (Lipinski definition) is 1. The Labute approximate surface area is 120 Å². The van der Waals surface area contributed by atoms with Crippen molar-refractivity contribution in [3.8, 4) is 0 Å². The summed E-state index contributed by atoms with van der Waals surface area (Å²) >= 11 is 5.35. The van der Waals surface area contributed by atoms with E-state index < -0.39 is 0 Å². The van der Waals surface area contributed by atoms with Crippen molar-refractivity contribution in [2.75, 3.05) is 19.7 Å². The van der Waals surface area contributed by atoms with Crippen LogP contribution in [0.5, 0.6) is 0 Å². The first-order valence-corrected chi connectivity index (χ1v) is 8.23. The lowest BCUT2D eigenvalue weighted by Gasteiger charge is -2.42. The van der Waals surface area contributed by atoms with Gasteiger partial charge in [0.25, 0.3) is 0 Å². The molecule has 3 unspecified atom stereocenters. The lowest BCUT2D eigenvalue weighted by Crippen LogP contribution is -2.51. The normalized spacial score (nSPS) is 30.3. The molecule has 2 heterocycles. The highest BCUT2D eigenvalue weighted by atomic mass is 79.9. The van der Waals surface area contributed by atoms with E-state index in [0.29, 0.717) is 24.7 Å². The minimum Gasteiger partial charge on any atom is -0.375 e. The van der Waals surface area contributed by atoms with Crippen LogP contribution in [0.1, 0.15) is 30.2 Å². The number of rotatable bonds is 3. The molecule has 1 aliphatic heterocycles. The number of halogens is 1. The van der Waals surface area contributed by atoms with Crippen LogP contribution in [0.25, 0.3) is 0 Å². The van der Waals surface area contributed by atoms with Crippen LogP contribution in [0.3, 0.4) is 0 Å². The van der Waals surface area contributed by atoms with Gasteiger partial charge in [-0.2, -0.15) is 0 Å². The Morgan fingerprint density at radius 3 is 3.11 bits per heavy atom. The molecule has 0 aromatic carbocycles. The van der Waals surface area contributed by atoms with Crippen LogP contribution < -0.4 is 5.73 Å². The Balaban J connectivity index is 1.82. The third-order valence-electron chi connectivity index (χ3n) is 4.07. The van der Waals surface area contributed by atoms with E-state index in [1.54, 1.807) is 11.3 Å². The lowest BCUT2D eigenvalue weighted by molar-refractivity contribution is -0.0706. The average molecular weight is 331 g/mol. The maximum absolute atomic E-state index is 6.04. The van der Waals surface area contributed by atoms with Crippen LogP contribution in [0.4, 0.5) is 0 Å². The molecule has 0 amide bonds. The Morgan fingerprint density at radius 1 is 1.50 bits per heavy atom. The first kappa shape index (κ1) is 13.1. The lowest BCUT2D eigenvalue weighted by atomic mass is 10.1. The van der Waals surface area contributed by atoms with Gasteiger partial charge < -0.3 is 10.5 Å². The number of thiophene rings is 1. The first-order chi connectivity index (χ1) is 8.79. The Kier molecular flexibility index (Phi) is 4.06. The molecule has 100 valence electrons. The molecule has 2 aliphatic rings. The highest BCUT2D eigenvalue weighted by Crippen LogP contribution is 2.37. The predicted molar refractivity (Wildman–Crippen MR) is 77.9 cm³/mol. The molecule has 3 atom stereocenters. The quantitative estimate of drug-likeness (QED) is 0.926. The van der Waals surface area contributed by atoms with Crippen molar-refractivity contribution >= 4 is 27.3 Å². The molecule has 1 aliphatic carbocycles. The van der Waals surface area contributed by atoms with Crippen molar-refractivity contribution in [2.24, 2.45) is 5.73 Å². The largest absolute Gasteiger partial charge is 0.375 e. The molecular weight excluding hydrogens is 312 g/mol. The maximum Gasteiger partial charge on any atom is 0.0731 e. The third kappa shape index (κ3) is 2.39. The summed E-state index contributed by atoms with van der Waals surface area (Å²) in [4.78, 5) is 3.95. The highest BCUT2D eigenvalue weighted by molar-refractivity contribution is 9.11. The van der Waals surface area contributed by atoms with E-state index in [0.717, 1.165) is 13.2 Å². The third-order valence-corrected chi connectivity index (χ3v) is 5.80. The summed E-state index contributed by atoms with van der Waals surface area (Å²) in [6.07, 6.45) is 4.20. The molecular formula is C13H19BrN2OS. The van der Waals surface area contributed by atoms with Crippen molar-refractivity contribution in [1.82, 2.24) is 4.90 Å². The molecule has 1 saturated heterocycles. The summed E-state index contributed by atoms with van der Waals surface area (Å²) in [6.45, 7) is 2.55. The molecule has 1 aromatic heterocycles. The van der Waals surface area contributed by atoms with Gasteiger partial charge in [-0.15, -0.1) is 11.3 Å². The van der Waals surface area contributed by atoms with E-state index in [9.17, 15) is 0 Å². The Hall–Kier alpha value is 0.0600. The predicted octanol–water partition coefficient (Wildman–Crippen LogP) is 2.76. The van der Waals surface area contributed by atoms with Gasteiger partial charge >= 0.3 is 0 Å². The zero-order valence-electron chi connectivity index (χ0n) is 10.3. The molecule has 5 heteroatoms. The second-order valence-corrected chi connectivity index (χ2v) is 7.53. The number of nitrogens with zero attached hydrogens (tertiary/aromatic N) is 1.